The van der Waals surface area contributed by atoms with Gasteiger partial charge in [0.15, 0.2) is 6.04 Å². The van der Waals surface area contributed by atoms with Crippen molar-refractivity contribution in [2.24, 2.45) is 5.14 Å². The van der Waals surface area contributed by atoms with E-state index in [4.69, 9.17) is 5.14 Å². The van der Waals surface area contributed by atoms with Crippen LogP contribution in [-0.2, 0) is 26.2 Å². The number of anilines is 1. The van der Waals surface area contributed by atoms with E-state index in [9.17, 15) is 22.4 Å². The van der Waals surface area contributed by atoms with Crippen molar-refractivity contribution in [1.82, 2.24) is 0 Å². The van der Waals surface area contributed by atoms with E-state index in [1.165, 1.54) is 36.4 Å². The lowest BCUT2D eigenvalue weighted by Gasteiger charge is -2.14. The molecule has 2 aromatic carbocycles. The molecule has 136 valence electrons. The highest BCUT2D eigenvalue weighted by molar-refractivity contribution is 7.89. The van der Waals surface area contributed by atoms with Crippen LogP contribution >= 0.6 is 0 Å². The van der Waals surface area contributed by atoms with Crippen molar-refractivity contribution in [3.05, 3.63) is 59.9 Å². The zero-order chi connectivity index (χ0) is 18.9. The second kappa shape index (κ2) is 6.94. The van der Waals surface area contributed by atoms with Gasteiger partial charge in [0.2, 0.25) is 15.9 Å². The summed E-state index contributed by atoms with van der Waals surface area (Å²) in [5.41, 5.74) is 1.13. The topological polar surface area (TPSA) is 114 Å². The standard InChI is InChI=1S/C17H16FN3O4S/c18-12-3-5-13(6-4-12)21-16(22)9-15(17(21)23)20-10-11-1-7-14(8-2-11)26(19,24)25/h1-8,15,20H,9-10H2,(H2,19,24,25)/p+1/t15-/m0/s1. The van der Waals surface area contributed by atoms with Crippen molar-refractivity contribution in [3.8, 4) is 0 Å². The van der Waals surface area contributed by atoms with Crippen LogP contribution in [-0.4, -0.2) is 26.3 Å². The third-order valence-electron chi connectivity index (χ3n) is 4.16. The van der Waals surface area contributed by atoms with Gasteiger partial charge in [-0.1, -0.05) is 12.1 Å². The van der Waals surface area contributed by atoms with E-state index in [0.717, 1.165) is 10.5 Å². The Morgan fingerprint density at radius 2 is 1.69 bits per heavy atom. The van der Waals surface area contributed by atoms with E-state index in [0.29, 0.717) is 12.2 Å². The average Bonchev–Trinajstić information content (AvgIpc) is 2.87. The monoisotopic (exact) mass is 378 g/mol. The summed E-state index contributed by atoms with van der Waals surface area (Å²) in [6, 6.07) is 10.6. The number of imide groups is 1. The highest BCUT2D eigenvalue weighted by Crippen LogP contribution is 2.21. The van der Waals surface area contributed by atoms with E-state index >= 15 is 0 Å². The first-order valence-corrected chi connectivity index (χ1v) is 9.38. The molecule has 1 aliphatic rings. The molecule has 26 heavy (non-hydrogen) atoms. The maximum Gasteiger partial charge on any atom is 0.292 e. The van der Waals surface area contributed by atoms with Gasteiger partial charge in [0, 0.05) is 5.56 Å². The molecular formula is C17H17FN3O4S+. The van der Waals surface area contributed by atoms with Crippen molar-refractivity contribution in [3.63, 3.8) is 0 Å². The van der Waals surface area contributed by atoms with E-state index in [2.05, 4.69) is 0 Å². The molecule has 0 bridgehead atoms. The van der Waals surface area contributed by atoms with Crippen molar-refractivity contribution >= 4 is 27.5 Å². The third kappa shape index (κ3) is 3.79. The molecule has 0 aliphatic carbocycles. The molecule has 0 unspecified atom stereocenters. The Hall–Kier alpha value is -2.62. The summed E-state index contributed by atoms with van der Waals surface area (Å²) in [6.45, 7) is 0.395. The number of carbonyl (C=O) groups is 2. The van der Waals surface area contributed by atoms with E-state index in [1.54, 1.807) is 17.4 Å². The number of sulfonamides is 1. The normalized spacial score (nSPS) is 17.8. The maximum absolute atomic E-state index is 13.0. The predicted octanol–water partition coefficient (Wildman–Crippen LogP) is -0.131. The van der Waals surface area contributed by atoms with Crippen LogP contribution in [0.3, 0.4) is 0 Å². The van der Waals surface area contributed by atoms with Gasteiger partial charge in [0.1, 0.15) is 12.4 Å². The fourth-order valence-electron chi connectivity index (χ4n) is 2.79. The summed E-state index contributed by atoms with van der Waals surface area (Å²) in [5, 5.41) is 6.76. The Labute approximate surface area is 149 Å². The molecule has 1 fully saturated rings. The zero-order valence-corrected chi connectivity index (χ0v) is 14.4. The Bertz CT molecular complexity index is 943. The lowest BCUT2D eigenvalue weighted by Crippen LogP contribution is -2.90. The van der Waals surface area contributed by atoms with Gasteiger partial charge < -0.3 is 5.32 Å². The first kappa shape index (κ1) is 18.2. The molecule has 3 rings (SSSR count). The minimum atomic E-state index is -3.75. The summed E-state index contributed by atoms with van der Waals surface area (Å²) < 4.78 is 35.5. The number of primary sulfonamides is 1. The number of amides is 2. The van der Waals surface area contributed by atoms with E-state index in [1.807, 2.05) is 0 Å². The quantitative estimate of drug-likeness (QED) is 0.705. The Morgan fingerprint density at radius 3 is 2.27 bits per heavy atom. The zero-order valence-electron chi connectivity index (χ0n) is 13.6. The van der Waals surface area contributed by atoms with Gasteiger partial charge in [-0.3, -0.25) is 9.59 Å². The molecule has 7 nitrogen and oxygen atoms in total. The number of nitrogens with two attached hydrogens (primary N) is 2. The van der Waals surface area contributed by atoms with Gasteiger partial charge in [0.25, 0.3) is 5.91 Å². The molecule has 1 aliphatic heterocycles. The Morgan fingerprint density at radius 1 is 1.08 bits per heavy atom. The number of nitrogens with zero attached hydrogens (tertiary/aromatic N) is 1. The van der Waals surface area contributed by atoms with E-state index < -0.39 is 21.9 Å². The summed E-state index contributed by atoms with van der Waals surface area (Å²) in [4.78, 5) is 25.7. The summed E-state index contributed by atoms with van der Waals surface area (Å²) in [7, 11) is -3.75. The number of hydrogen-bond donors (Lipinski definition) is 2. The maximum atomic E-state index is 13.0. The van der Waals surface area contributed by atoms with Crippen molar-refractivity contribution in [1.29, 1.82) is 0 Å². The molecule has 2 amide bonds. The van der Waals surface area contributed by atoms with Crippen LogP contribution < -0.4 is 15.4 Å². The van der Waals surface area contributed by atoms with Gasteiger partial charge in [-0.2, -0.15) is 0 Å². The van der Waals surface area contributed by atoms with Gasteiger partial charge in [0.05, 0.1) is 17.0 Å². The SMILES string of the molecule is NS(=O)(=O)c1ccc(C[NH2+][C@H]2CC(=O)N(c3ccc(F)cc3)C2=O)cc1. The van der Waals surface area contributed by atoms with Crippen molar-refractivity contribution in [2.45, 2.75) is 23.9 Å². The first-order chi connectivity index (χ1) is 12.3. The van der Waals surface area contributed by atoms with Crippen LogP contribution in [0.5, 0.6) is 0 Å². The van der Waals surface area contributed by atoms with Crippen LogP contribution in [0.2, 0.25) is 0 Å². The number of hydrogen-bond acceptors (Lipinski definition) is 4. The van der Waals surface area contributed by atoms with E-state index in [-0.39, 0.29) is 23.1 Å². The highest BCUT2D eigenvalue weighted by atomic mass is 32.2. The van der Waals surface area contributed by atoms with Crippen LogP contribution in [0.15, 0.2) is 53.4 Å². The molecule has 0 aromatic heterocycles. The fraction of sp³-hybridized carbons (Fsp3) is 0.176. The molecule has 4 N–H and O–H groups in total. The third-order valence-corrected chi connectivity index (χ3v) is 5.09. The molecule has 9 heteroatoms. The summed E-state index contributed by atoms with van der Waals surface area (Å²) in [5.74, 6) is -1.14. The fourth-order valence-corrected chi connectivity index (χ4v) is 3.31. The molecule has 1 saturated heterocycles. The van der Waals surface area contributed by atoms with Gasteiger partial charge in [-0.15, -0.1) is 0 Å². The van der Waals surface area contributed by atoms with Gasteiger partial charge in [-0.25, -0.2) is 22.8 Å². The number of halogens is 1. The smallest absolute Gasteiger partial charge is 0.292 e. The predicted molar refractivity (Wildman–Crippen MR) is 90.7 cm³/mol. The number of benzene rings is 2. The number of quaternary nitrogens is 1. The Balaban J connectivity index is 1.67. The van der Waals surface area contributed by atoms with Crippen molar-refractivity contribution < 1.29 is 27.7 Å². The largest absolute Gasteiger partial charge is 0.332 e. The molecule has 2 aromatic rings. The molecule has 0 radical (unpaired) electrons. The Kier molecular flexibility index (Phi) is 4.86. The van der Waals surface area contributed by atoms with Crippen molar-refractivity contribution in [2.75, 3.05) is 4.90 Å². The average molecular weight is 378 g/mol. The molecule has 0 spiro atoms. The van der Waals surface area contributed by atoms with Crippen LogP contribution in [0.1, 0.15) is 12.0 Å². The van der Waals surface area contributed by atoms with Crippen LogP contribution in [0.25, 0.3) is 0 Å². The molecule has 0 saturated carbocycles. The second-order valence-corrected chi connectivity index (χ2v) is 7.54. The van der Waals surface area contributed by atoms with Gasteiger partial charge in [-0.05, 0) is 36.4 Å². The minimum Gasteiger partial charge on any atom is -0.332 e. The molecule has 1 atom stereocenters. The minimum absolute atomic E-state index is 0.0101. The number of rotatable bonds is 5. The number of carbonyl (C=O) groups excluding carboxylic acids is 2. The molecular weight excluding hydrogens is 361 g/mol. The summed E-state index contributed by atoms with van der Waals surface area (Å²) in [6.07, 6.45) is 0.0471. The first-order valence-electron chi connectivity index (χ1n) is 7.83. The van der Waals surface area contributed by atoms with Crippen LogP contribution in [0, 0.1) is 5.82 Å². The molecule has 1 heterocycles. The summed E-state index contributed by atoms with van der Waals surface area (Å²) >= 11 is 0. The van der Waals surface area contributed by atoms with Crippen LogP contribution in [0.4, 0.5) is 10.1 Å². The highest BCUT2D eigenvalue weighted by Gasteiger charge is 2.42. The lowest BCUT2D eigenvalue weighted by atomic mass is 10.2. The lowest BCUT2D eigenvalue weighted by molar-refractivity contribution is -0.690. The second-order valence-electron chi connectivity index (χ2n) is 5.98. The van der Waals surface area contributed by atoms with Gasteiger partial charge >= 0.3 is 0 Å².